The van der Waals surface area contributed by atoms with Gasteiger partial charge in [0.25, 0.3) is 0 Å². The molecule has 0 radical (unpaired) electrons. The fourth-order valence-electron chi connectivity index (χ4n) is 3.37. The number of carboxylic acid groups (broad SMARTS) is 1. The molecule has 0 aromatic carbocycles. The number of amides is 2. The first kappa shape index (κ1) is 40.0. The molecule has 0 aliphatic carbocycles. The van der Waals surface area contributed by atoms with Crippen molar-refractivity contribution in [2.24, 2.45) is 23.3 Å². The molecule has 0 aliphatic heterocycles. The van der Waals surface area contributed by atoms with Gasteiger partial charge in [0, 0.05) is 12.8 Å². The van der Waals surface area contributed by atoms with Gasteiger partial charge >= 0.3 is 24.4 Å². The summed E-state index contributed by atoms with van der Waals surface area (Å²) in [5.74, 6) is -3.43. The van der Waals surface area contributed by atoms with Crippen LogP contribution >= 0.6 is 0 Å². The lowest BCUT2D eigenvalue weighted by atomic mass is 10.0. The third-order valence-corrected chi connectivity index (χ3v) is 5.39. The summed E-state index contributed by atoms with van der Waals surface area (Å²) in [5.41, 5.74) is 27.8. The maximum absolute atomic E-state index is 12.0. The molecular formula is C26H44N8O8. The molecule has 0 aromatic heterocycles. The molecule has 16 heteroatoms. The summed E-state index contributed by atoms with van der Waals surface area (Å²) in [4.78, 5) is 74.1. The van der Waals surface area contributed by atoms with Crippen molar-refractivity contribution in [1.82, 2.24) is 10.6 Å². The van der Waals surface area contributed by atoms with Gasteiger partial charge in [0.15, 0.2) is 0 Å². The minimum atomic E-state index is -1.25. The molecule has 0 fully saturated rings. The van der Waals surface area contributed by atoms with E-state index in [9.17, 15) is 28.8 Å². The highest BCUT2D eigenvalue weighted by Crippen LogP contribution is 2.06. The number of carbonyl (C=O) groups excluding carboxylic acids is 5. The number of hydrogen-bond donors (Lipinski definition) is 5. The second kappa shape index (κ2) is 22.6. The topological polar surface area (TPSA) is 281 Å². The van der Waals surface area contributed by atoms with Crippen molar-refractivity contribution in [1.29, 1.82) is 0 Å². The smallest absolute Gasteiger partial charge is 0.328 e. The van der Waals surface area contributed by atoms with Gasteiger partial charge in [-0.15, -0.1) is 0 Å². The highest BCUT2D eigenvalue weighted by atomic mass is 16.5. The van der Waals surface area contributed by atoms with Crippen molar-refractivity contribution in [3.63, 3.8) is 0 Å². The molecule has 0 bridgehead atoms. The molecule has 42 heavy (non-hydrogen) atoms. The van der Waals surface area contributed by atoms with E-state index in [-0.39, 0.29) is 44.1 Å². The zero-order valence-electron chi connectivity index (χ0n) is 24.8. The Morgan fingerprint density at radius 1 is 0.786 bits per heavy atom. The third-order valence-electron chi connectivity index (χ3n) is 5.39. The lowest BCUT2D eigenvalue weighted by Gasteiger charge is -2.20. The van der Waals surface area contributed by atoms with E-state index in [1.54, 1.807) is 6.92 Å². The van der Waals surface area contributed by atoms with E-state index in [0.717, 1.165) is 6.21 Å². The number of ether oxygens (including phenoxy) is 1. The fourth-order valence-corrected chi connectivity index (χ4v) is 3.37. The van der Waals surface area contributed by atoms with Crippen molar-refractivity contribution in [2.75, 3.05) is 6.61 Å². The molecule has 0 spiro atoms. The zero-order valence-corrected chi connectivity index (χ0v) is 24.8. The summed E-state index contributed by atoms with van der Waals surface area (Å²) >= 11 is 0. The van der Waals surface area contributed by atoms with Crippen LogP contribution in [0, 0.1) is 11.8 Å². The van der Waals surface area contributed by atoms with Crippen LogP contribution in [0.1, 0.15) is 73.1 Å². The van der Waals surface area contributed by atoms with Crippen LogP contribution < -0.4 is 22.1 Å². The number of Topliss-reactive ketones (excluding diaryl/α,β-unsaturated/α-hetero) is 2. The molecule has 0 aliphatic rings. The van der Waals surface area contributed by atoms with Crippen molar-refractivity contribution in [3.05, 3.63) is 11.1 Å². The van der Waals surface area contributed by atoms with Crippen LogP contribution in [0.4, 0.5) is 0 Å². The monoisotopic (exact) mass is 596 g/mol. The highest BCUT2D eigenvalue weighted by Gasteiger charge is 2.26. The Hall–Kier alpha value is -4.10. The van der Waals surface area contributed by atoms with Gasteiger partial charge in [0.05, 0.1) is 18.7 Å². The maximum Gasteiger partial charge on any atom is 0.328 e. The molecular weight excluding hydrogens is 552 g/mol. The molecule has 0 heterocycles. The molecule has 2 amide bonds. The predicted molar refractivity (Wildman–Crippen MR) is 151 cm³/mol. The second-order valence-corrected chi connectivity index (χ2v) is 10.2. The van der Waals surface area contributed by atoms with Gasteiger partial charge in [-0.3, -0.25) is 19.2 Å². The van der Waals surface area contributed by atoms with Gasteiger partial charge in [-0.1, -0.05) is 27.7 Å². The van der Waals surface area contributed by atoms with Gasteiger partial charge < -0.3 is 43.0 Å². The van der Waals surface area contributed by atoms with E-state index in [1.165, 1.54) is 0 Å². The van der Waals surface area contributed by atoms with Crippen LogP contribution in [0.5, 0.6) is 0 Å². The molecule has 0 unspecified atom stereocenters. The number of nitrogens with one attached hydrogen (secondary N) is 2. The summed E-state index contributed by atoms with van der Waals surface area (Å²) in [6, 6.07) is -3.67. The SMILES string of the molecule is CC(C)C[C@H](N)C(=O)N[C@@H](CCC(=O)C=[N+]=[N-])C(=O)O.CCOC(=O)[C@H](CCC(=O)C=[N+]=[N-])NC(=O)[C@@H](N)CC(C)C. The number of carboxylic acids is 1. The van der Waals surface area contributed by atoms with Gasteiger partial charge in [-0.2, -0.15) is 9.58 Å². The number of nitrogens with two attached hydrogens (primary N) is 2. The Morgan fingerprint density at radius 3 is 1.50 bits per heavy atom. The average molecular weight is 597 g/mol. The number of ketones is 2. The molecule has 4 atom stereocenters. The number of rotatable bonds is 19. The number of nitrogens with zero attached hydrogens (tertiary/aromatic N) is 4. The van der Waals surface area contributed by atoms with E-state index >= 15 is 0 Å². The highest BCUT2D eigenvalue weighted by molar-refractivity contribution is 6.25. The summed E-state index contributed by atoms with van der Waals surface area (Å²) in [6.45, 7) is 9.47. The maximum atomic E-state index is 12.0. The first-order valence-electron chi connectivity index (χ1n) is 13.5. The lowest BCUT2D eigenvalue weighted by molar-refractivity contribution is -0.147. The molecule has 0 rings (SSSR count). The molecule has 0 saturated carbocycles. The summed E-state index contributed by atoms with van der Waals surface area (Å²) < 4.78 is 4.87. The Morgan fingerprint density at radius 2 is 1.17 bits per heavy atom. The third kappa shape index (κ3) is 19.9. The lowest BCUT2D eigenvalue weighted by Crippen LogP contribution is -2.49. The summed E-state index contributed by atoms with van der Waals surface area (Å²) in [7, 11) is 0. The van der Waals surface area contributed by atoms with Crippen LogP contribution in [-0.2, 0) is 33.5 Å². The van der Waals surface area contributed by atoms with Crippen molar-refractivity contribution >= 4 is 47.7 Å². The van der Waals surface area contributed by atoms with Crippen LogP contribution in [-0.4, -0.2) is 93.2 Å². The summed E-state index contributed by atoms with van der Waals surface area (Å²) in [6.07, 6.45) is 2.09. The molecule has 0 saturated heterocycles. The molecule has 236 valence electrons. The number of aliphatic carboxylic acids is 1. The Balaban J connectivity index is 0. The van der Waals surface area contributed by atoms with E-state index in [4.69, 9.17) is 32.4 Å². The Labute approximate surface area is 245 Å². The van der Waals surface area contributed by atoms with Crippen LogP contribution in [0.3, 0.4) is 0 Å². The van der Waals surface area contributed by atoms with E-state index in [2.05, 4.69) is 20.2 Å². The molecule has 7 N–H and O–H groups in total. The average Bonchev–Trinajstić information content (AvgIpc) is 2.88. The van der Waals surface area contributed by atoms with Gasteiger partial charge in [-0.25, -0.2) is 9.59 Å². The van der Waals surface area contributed by atoms with Crippen LogP contribution in [0.25, 0.3) is 11.1 Å². The van der Waals surface area contributed by atoms with Crippen molar-refractivity contribution < 1.29 is 48.2 Å². The first-order valence-corrected chi connectivity index (χ1v) is 13.5. The quantitative estimate of drug-likeness (QED) is 0.0558. The number of carbonyl (C=O) groups is 6. The largest absolute Gasteiger partial charge is 0.480 e. The fraction of sp³-hybridized carbons (Fsp3) is 0.692. The van der Waals surface area contributed by atoms with E-state index in [1.807, 2.05) is 27.7 Å². The Bertz CT molecular complexity index is 1020. The number of esters is 1. The standard InChI is InChI=1S/C14H24N4O4.C12H20N4O4/c1-4-22-14(21)12(6-5-10(19)8-17-16)18-13(20)11(15)7-9(2)3;1-7(2)5-9(13)11(18)16-10(12(19)20)4-3-8(17)6-15-14/h8-9,11-12H,4-7,15H2,1-3H3,(H,18,20);6-7,9-10H,3-5,13H2,1-2H3,(H,16,18)(H,19,20)/t11-,12-;9-,10-/m00/s1. The van der Waals surface area contributed by atoms with Crippen molar-refractivity contribution in [2.45, 2.75) is 97.3 Å². The minimum Gasteiger partial charge on any atom is -0.480 e. The van der Waals surface area contributed by atoms with Crippen LogP contribution in [0.15, 0.2) is 0 Å². The molecule has 0 aromatic rings. The second-order valence-electron chi connectivity index (χ2n) is 10.2. The first-order chi connectivity index (χ1) is 19.6. The molecule has 16 nitrogen and oxygen atoms in total. The van der Waals surface area contributed by atoms with E-state index < -0.39 is 59.5 Å². The van der Waals surface area contributed by atoms with Gasteiger partial charge in [-0.05, 0) is 44.4 Å². The van der Waals surface area contributed by atoms with Gasteiger partial charge in [0.1, 0.15) is 12.1 Å². The number of hydrogen-bond acceptors (Lipinski definition) is 9. The summed E-state index contributed by atoms with van der Waals surface area (Å²) in [5, 5.41) is 13.8. The van der Waals surface area contributed by atoms with Gasteiger partial charge in [0.2, 0.25) is 23.4 Å². The van der Waals surface area contributed by atoms with Crippen molar-refractivity contribution in [3.8, 4) is 0 Å². The van der Waals surface area contributed by atoms with Crippen LogP contribution in [0.2, 0.25) is 0 Å². The van der Waals surface area contributed by atoms with E-state index in [0.29, 0.717) is 19.1 Å². The minimum absolute atomic E-state index is 0.0455. The predicted octanol–water partition coefficient (Wildman–Crippen LogP) is -0.363. The Kier molecular flexibility index (Phi) is 21.5. The zero-order chi connectivity index (χ0) is 32.8. The normalized spacial score (nSPS) is 13.1.